The number of amides is 1. The molecule has 0 saturated heterocycles. The van der Waals surface area contributed by atoms with Gasteiger partial charge < -0.3 is 5.32 Å². The fourth-order valence-electron chi connectivity index (χ4n) is 2.31. The average Bonchev–Trinajstić information content (AvgIpc) is 3.01. The van der Waals surface area contributed by atoms with Crippen molar-refractivity contribution >= 4 is 11.6 Å². The molecule has 1 aliphatic carbocycles. The van der Waals surface area contributed by atoms with E-state index in [0.29, 0.717) is 0 Å². The Morgan fingerprint density at radius 2 is 2.00 bits per heavy atom. The molecule has 0 spiro atoms. The number of aryl methyl sites for hydroxylation is 1. The highest BCUT2D eigenvalue weighted by Gasteiger charge is 2.24. The van der Waals surface area contributed by atoms with Crippen LogP contribution in [-0.2, 0) is 12.8 Å². The summed E-state index contributed by atoms with van der Waals surface area (Å²) in [5, 5.41) is 8.83. The highest BCUT2D eigenvalue weighted by molar-refractivity contribution is 6.04. The van der Waals surface area contributed by atoms with Gasteiger partial charge in [-0.15, -0.1) is 0 Å². The van der Waals surface area contributed by atoms with E-state index < -0.39 is 29.0 Å². The van der Waals surface area contributed by atoms with Crippen molar-refractivity contribution in [2.75, 3.05) is 5.32 Å². The van der Waals surface area contributed by atoms with E-state index in [1.807, 2.05) is 0 Å². The monoisotopic (exact) mass is 281 g/mol. The number of halogens is 3. The molecular formula is C13H10F3N3O. The first-order valence-electron chi connectivity index (χ1n) is 6.09. The molecule has 20 heavy (non-hydrogen) atoms. The molecule has 0 unspecified atom stereocenters. The first-order chi connectivity index (χ1) is 9.58. The summed E-state index contributed by atoms with van der Waals surface area (Å²) in [6, 6.07) is 1.72. The lowest BCUT2D eigenvalue weighted by Gasteiger charge is -2.06. The summed E-state index contributed by atoms with van der Waals surface area (Å²) >= 11 is 0. The lowest BCUT2D eigenvalue weighted by molar-refractivity contribution is 0.102. The maximum atomic E-state index is 13.5. The molecule has 1 aromatic heterocycles. The van der Waals surface area contributed by atoms with Gasteiger partial charge in [-0.1, -0.05) is 0 Å². The second kappa shape index (κ2) is 4.66. The number of carbonyl (C=O) groups is 1. The summed E-state index contributed by atoms with van der Waals surface area (Å²) < 4.78 is 39.4. The molecule has 4 nitrogen and oxygen atoms in total. The molecule has 0 fully saturated rings. The van der Waals surface area contributed by atoms with E-state index >= 15 is 0 Å². The Labute approximate surface area is 112 Å². The molecule has 104 valence electrons. The van der Waals surface area contributed by atoms with Crippen LogP contribution in [0.2, 0.25) is 0 Å². The smallest absolute Gasteiger partial charge is 0.276 e. The molecule has 0 saturated carbocycles. The van der Waals surface area contributed by atoms with Gasteiger partial charge in [0.2, 0.25) is 0 Å². The van der Waals surface area contributed by atoms with Crippen LogP contribution in [0.15, 0.2) is 12.1 Å². The number of nitrogens with zero attached hydrogens (tertiary/aromatic N) is 1. The van der Waals surface area contributed by atoms with Crippen LogP contribution in [0.25, 0.3) is 0 Å². The maximum Gasteiger partial charge on any atom is 0.276 e. The number of rotatable bonds is 2. The number of aromatic nitrogens is 2. The van der Waals surface area contributed by atoms with Crippen molar-refractivity contribution in [1.29, 1.82) is 0 Å². The predicted octanol–water partition coefficient (Wildman–Crippen LogP) is 2.57. The number of anilines is 1. The largest absolute Gasteiger partial charge is 0.318 e. The molecule has 7 heteroatoms. The Hall–Kier alpha value is -2.31. The molecule has 2 N–H and O–H groups in total. The Morgan fingerprint density at radius 1 is 1.20 bits per heavy atom. The van der Waals surface area contributed by atoms with Gasteiger partial charge in [-0.25, -0.2) is 13.2 Å². The Balaban J connectivity index is 1.88. The van der Waals surface area contributed by atoms with Crippen LogP contribution in [0, 0.1) is 17.5 Å². The van der Waals surface area contributed by atoms with Crippen molar-refractivity contribution in [3.8, 4) is 0 Å². The number of benzene rings is 1. The first kappa shape index (κ1) is 12.7. The van der Waals surface area contributed by atoms with Crippen LogP contribution < -0.4 is 5.32 Å². The van der Waals surface area contributed by atoms with Crippen LogP contribution in [0.1, 0.15) is 28.2 Å². The van der Waals surface area contributed by atoms with E-state index in [2.05, 4.69) is 15.5 Å². The lowest BCUT2D eigenvalue weighted by Crippen LogP contribution is -2.16. The van der Waals surface area contributed by atoms with E-state index in [4.69, 9.17) is 0 Å². The van der Waals surface area contributed by atoms with E-state index in [1.165, 1.54) is 0 Å². The van der Waals surface area contributed by atoms with Gasteiger partial charge in [-0.05, 0) is 31.4 Å². The van der Waals surface area contributed by atoms with Gasteiger partial charge in [-0.2, -0.15) is 5.10 Å². The van der Waals surface area contributed by atoms with E-state index in [-0.39, 0.29) is 5.69 Å². The first-order valence-corrected chi connectivity index (χ1v) is 6.09. The second-order valence-corrected chi connectivity index (χ2v) is 4.56. The van der Waals surface area contributed by atoms with Crippen LogP contribution in [0.5, 0.6) is 0 Å². The molecule has 0 atom stereocenters. The molecule has 1 aliphatic rings. The third-order valence-electron chi connectivity index (χ3n) is 3.30. The number of aromatic amines is 1. The summed E-state index contributed by atoms with van der Waals surface area (Å²) in [6.45, 7) is 0. The standard InChI is InChI=1S/C13H10F3N3O/c14-7-4-5-9(11(16)10(7)15)17-13(20)12-6-2-1-3-8(6)18-19-12/h4-5H,1-3H2,(H,17,20)(H,18,19). The van der Waals surface area contributed by atoms with Crippen molar-refractivity contribution in [3.05, 3.63) is 46.5 Å². The van der Waals surface area contributed by atoms with Gasteiger partial charge in [-0.3, -0.25) is 9.89 Å². The average molecular weight is 281 g/mol. The van der Waals surface area contributed by atoms with Crippen LogP contribution in [0.3, 0.4) is 0 Å². The Bertz CT molecular complexity index is 696. The summed E-state index contributed by atoms with van der Waals surface area (Å²) in [6.07, 6.45) is 2.45. The van der Waals surface area contributed by atoms with Crippen molar-refractivity contribution in [2.24, 2.45) is 0 Å². The van der Waals surface area contributed by atoms with Gasteiger partial charge >= 0.3 is 0 Å². The van der Waals surface area contributed by atoms with Crippen molar-refractivity contribution in [1.82, 2.24) is 10.2 Å². The van der Waals surface area contributed by atoms with E-state index in [0.717, 1.165) is 42.7 Å². The van der Waals surface area contributed by atoms with Gasteiger partial charge in [0.05, 0.1) is 5.69 Å². The second-order valence-electron chi connectivity index (χ2n) is 4.56. The van der Waals surface area contributed by atoms with E-state index in [9.17, 15) is 18.0 Å². The van der Waals surface area contributed by atoms with Gasteiger partial charge in [0, 0.05) is 11.3 Å². The Kier molecular flexibility index (Phi) is 2.96. The number of hydrogen-bond donors (Lipinski definition) is 2. The Morgan fingerprint density at radius 3 is 2.80 bits per heavy atom. The summed E-state index contributed by atoms with van der Waals surface area (Å²) in [5.74, 6) is -4.99. The van der Waals surface area contributed by atoms with Crippen molar-refractivity contribution < 1.29 is 18.0 Å². The van der Waals surface area contributed by atoms with Gasteiger partial charge in [0.1, 0.15) is 0 Å². The van der Waals surface area contributed by atoms with Crippen molar-refractivity contribution in [3.63, 3.8) is 0 Å². The van der Waals surface area contributed by atoms with E-state index in [1.54, 1.807) is 0 Å². The minimum Gasteiger partial charge on any atom is -0.318 e. The van der Waals surface area contributed by atoms with Crippen LogP contribution in [-0.4, -0.2) is 16.1 Å². The number of carbonyl (C=O) groups excluding carboxylic acids is 1. The number of nitrogens with one attached hydrogen (secondary N) is 2. The minimum absolute atomic E-state index is 0.168. The molecule has 1 aromatic carbocycles. The molecule has 1 heterocycles. The molecule has 3 rings (SSSR count). The summed E-state index contributed by atoms with van der Waals surface area (Å²) in [4.78, 5) is 12.0. The zero-order chi connectivity index (χ0) is 14.3. The highest BCUT2D eigenvalue weighted by atomic mass is 19.2. The minimum atomic E-state index is -1.62. The molecule has 1 amide bonds. The molecule has 2 aromatic rings. The third kappa shape index (κ3) is 1.95. The summed E-state index contributed by atoms with van der Waals surface area (Å²) in [5.41, 5.74) is 1.44. The molecular weight excluding hydrogens is 271 g/mol. The number of H-pyrrole nitrogens is 1. The fraction of sp³-hybridized carbons (Fsp3) is 0.231. The molecule has 0 bridgehead atoms. The van der Waals surface area contributed by atoms with Crippen LogP contribution in [0.4, 0.5) is 18.9 Å². The highest BCUT2D eigenvalue weighted by Crippen LogP contribution is 2.24. The van der Waals surface area contributed by atoms with Crippen LogP contribution >= 0.6 is 0 Å². The number of hydrogen-bond acceptors (Lipinski definition) is 2. The number of fused-ring (bicyclic) bond motifs is 1. The lowest BCUT2D eigenvalue weighted by atomic mass is 10.2. The quantitative estimate of drug-likeness (QED) is 0.831. The zero-order valence-corrected chi connectivity index (χ0v) is 10.3. The SMILES string of the molecule is O=C(Nc1ccc(F)c(F)c1F)c1n[nH]c2c1CCC2. The maximum absolute atomic E-state index is 13.5. The summed E-state index contributed by atoms with van der Waals surface area (Å²) in [7, 11) is 0. The fourth-order valence-corrected chi connectivity index (χ4v) is 2.31. The van der Waals surface area contributed by atoms with Crippen molar-refractivity contribution in [2.45, 2.75) is 19.3 Å². The molecule has 0 radical (unpaired) electrons. The normalized spacial score (nSPS) is 13.3. The van der Waals surface area contributed by atoms with Gasteiger partial charge in [0.25, 0.3) is 5.91 Å². The zero-order valence-electron chi connectivity index (χ0n) is 10.3. The third-order valence-corrected chi connectivity index (χ3v) is 3.30. The topological polar surface area (TPSA) is 57.8 Å². The molecule has 0 aliphatic heterocycles. The predicted molar refractivity (Wildman–Crippen MR) is 64.9 cm³/mol. The van der Waals surface area contributed by atoms with Gasteiger partial charge in [0.15, 0.2) is 23.1 Å².